The van der Waals surface area contributed by atoms with E-state index in [-0.39, 0.29) is 12.5 Å². The Kier molecular flexibility index (Phi) is 6.20. The molecule has 0 aliphatic heterocycles. The third-order valence-electron chi connectivity index (χ3n) is 4.33. The number of rotatable bonds is 7. The Morgan fingerprint density at radius 1 is 0.933 bits per heavy atom. The summed E-state index contributed by atoms with van der Waals surface area (Å²) in [4.78, 5) is 16.4. The molecule has 7 heteroatoms. The normalized spacial score (nSPS) is 10.6. The van der Waals surface area contributed by atoms with Gasteiger partial charge in [0.1, 0.15) is 5.75 Å². The molecule has 150 valence electrons. The van der Waals surface area contributed by atoms with Crippen molar-refractivity contribution >= 4 is 21.8 Å². The molecule has 0 atom stereocenters. The molecular formula is C23H18BrN3O3. The largest absolute Gasteiger partial charge is 0.484 e. The van der Waals surface area contributed by atoms with Gasteiger partial charge in [-0.15, -0.1) is 0 Å². The first kappa shape index (κ1) is 19.8. The summed E-state index contributed by atoms with van der Waals surface area (Å²) in [6, 6.07) is 24.6. The molecule has 4 aromatic rings. The van der Waals surface area contributed by atoms with Gasteiger partial charge >= 0.3 is 0 Å². The van der Waals surface area contributed by atoms with Gasteiger partial charge in [-0.25, -0.2) is 0 Å². The first-order chi connectivity index (χ1) is 14.7. The third-order valence-corrected chi connectivity index (χ3v) is 4.86. The molecule has 0 saturated heterocycles. The summed E-state index contributed by atoms with van der Waals surface area (Å²) >= 11 is 3.39. The fourth-order valence-electron chi connectivity index (χ4n) is 2.74. The van der Waals surface area contributed by atoms with Gasteiger partial charge in [0.2, 0.25) is 5.82 Å². The monoisotopic (exact) mass is 463 g/mol. The summed E-state index contributed by atoms with van der Waals surface area (Å²) in [5, 5.41) is 6.85. The molecule has 1 amide bonds. The zero-order chi connectivity index (χ0) is 20.8. The quantitative estimate of drug-likeness (QED) is 0.423. The highest BCUT2D eigenvalue weighted by molar-refractivity contribution is 9.10. The van der Waals surface area contributed by atoms with E-state index in [2.05, 4.69) is 31.4 Å². The lowest BCUT2D eigenvalue weighted by Gasteiger charge is -2.08. The number of halogens is 1. The average Bonchev–Trinajstić information content (AvgIpc) is 3.29. The van der Waals surface area contributed by atoms with Crippen molar-refractivity contribution in [2.75, 3.05) is 6.61 Å². The van der Waals surface area contributed by atoms with Crippen LogP contribution in [0.4, 0.5) is 0 Å². The summed E-state index contributed by atoms with van der Waals surface area (Å²) in [7, 11) is 0. The van der Waals surface area contributed by atoms with Crippen LogP contribution in [-0.2, 0) is 11.3 Å². The van der Waals surface area contributed by atoms with E-state index in [0.717, 1.165) is 21.2 Å². The number of nitrogens with one attached hydrogen (secondary N) is 1. The number of carbonyl (C=O) groups excluding carboxylic acids is 1. The van der Waals surface area contributed by atoms with Crippen molar-refractivity contribution in [3.63, 3.8) is 0 Å². The highest BCUT2D eigenvalue weighted by Crippen LogP contribution is 2.24. The van der Waals surface area contributed by atoms with Crippen molar-refractivity contribution in [1.82, 2.24) is 15.5 Å². The zero-order valence-corrected chi connectivity index (χ0v) is 17.5. The van der Waals surface area contributed by atoms with Crippen LogP contribution in [-0.4, -0.2) is 22.7 Å². The van der Waals surface area contributed by atoms with Crippen molar-refractivity contribution in [1.29, 1.82) is 0 Å². The van der Waals surface area contributed by atoms with E-state index in [1.54, 1.807) is 12.1 Å². The topological polar surface area (TPSA) is 77.2 Å². The molecule has 0 radical (unpaired) electrons. The van der Waals surface area contributed by atoms with Crippen molar-refractivity contribution < 1.29 is 14.1 Å². The van der Waals surface area contributed by atoms with Gasteiger partial charge in [0.25, 0.3) is 11.8 Å². The molecule has 4 rings (SSSR count). The Labute approximate surface area is 182 Å². The number of amides is 1. The number of hydrogen-bond acceptors (Lipinski definition) is 5. The molecule has 0 spiro atoms. The smallest absolute Gasteiger partial charge is 0.258 e. The first-order valence-corrected chi connectivity index (χ1v) is 10.1. The number of aromatic nitrogens is 2. The van der Waals surface area contributed by atoms with Crippen LogP contribution in [0.25, 0.3) is 22.8 Å². The molecule has 0 unspecified atom stereocenters. The number of carbonyl (C=O) groups is 1. The van der Waals surface area contributed by atoms with Crippen molar-refractivity contribution in [2.24, 2.45) is 0 Å². The molecule has 1 heterocycles. The first-order valence-electron chi connectivity index (χ1n) is 9.31. The van der Waals surface area contributed by atoms with Gasteiger partial charge in [0.05, 0.1) is 0 Å². The van der Waals surface area contributed by atoms with Crippen LogP contribution in [0.15, 0.2) is 87.9 Å². The van der Waals surface area contributed by atoms with Gasteiger partial charge in [-0.2, -0.15) is 4.98 Å². The molecular weight excluding hydrogens is 446 g/mol. The lowest BCUT2D eigenvalue weighted by atomic mass is 10.2. The van der Waals surface area contributed by atoms with Gasteiger partial charge in [-0.3, -0.25) is 4.79 Å². The van der Waals surface area contributed by atoms with Crippen LogP contribution in [0.2, 0.25) is 0 Å². The lowest BCUT2D eigenvalue weighted by molar-refractivity contribution is -0.123. The maximum atomic E-state index is 12.0. The second-order valence-electron chi connectivity index (χ2n) is 6.51. The zero-order valence-electron chi connectivity index (χ0n) is 15.9. The van der Waals surface area contributed by atoms with Crippen LogP contribution in [0, 0.1) is 0 Å². The van der Waals surface area contributed by atoms with Crippen molar-refractivity contribution in [3.05, 3.63) is 88.9 Å². The van der Waals surface area contributed by atoms with Gasteiger partial charge in [-0.05, 0) is 42.0 Å². The fourth-order valence-corrected chi connectivity index (χ4v) is 3.01. The van der Waals surface area contributed by atoms with Crippen LogP contribution >= 0.6 is 15.9 Å². The Bertz CT molecular complexity index is 1110. The van der Waals surface area contributed by atoms with Crippen molar-refractivity contribution in [3.8, 4) is 28.6 Å². The van der Waals surface area contributed by atoms with E-state index in [0.29, 0.717) is 24.0 Å². The minimum absolute atomic E-state index is 0.0609. The maximum absolute atomic E-state index is 12.0. The van der Waals surface area contributed by atoms with Gasteiger partial charge in [0, 0.05) is 22.1 Å². The number of benzene rings is 3. The van der Waals surface area contributed by atoms with E-state index < -0.39 is 0 Å². The molecule has 0 fully saturated rings. The minimum Gasteiger partial charge on any atom is -0.484 e. The van der Waals surface area contributed by atoms with Gasteiger partial charge in [-0.1, -0.05) is 63.6 Å². The lowest BCUT2D eigenvalue weighted by Crippen LogP contribution is -2.28. The number of hydrogen-bond donors (Lipinski definition) is 1. The standard InChI is InChI=1S/C23H18BrN3O3/c24-19-10-6-16(7-11-19)14-25-21(28)15-29-20-12-8-18(9-13-20)23-26-22(27-30-23)17-4-2-1-3-5-17/h1-13H,14-15H2,(H,25,28). The van der Waals surface area contributed by atoms with E-state index in [4.69, 9.17) is 9.26 Å². The Hall–Kier alpha value is -3.45. The summed E-state index contributed by atoms with van der Waals surface area (Å²) in [6.07, 6.45) is 0. The average molecular weight is 464 g/mol. The van der Waals surface area contributed by atoms with Crippen molar-refractivity contribution in [2.45, 2.75) is 6.54 Å². The van der Waals surface area contributed by atoms with Gasteiger partial charge < -0.3 is 14.6 Å². The predicted octanol–water partition coefficient (Wildman–Crippen LogP) is 4.86. The van der Waals surface area contributed by atoms with E-state index in [1.807, 2.05) is 66.7 Å². The second-order valence-corrected chi connectivity index (χ2v) is 7.42. The maximum Gasteiger partial charge on any atom is 0.258 e. The Balaban J connectivity index is 1.30. The fraction of sp³-hybridized carbons (Fsp3) is 0.0870. The molecule has 6 nitrogen and oxygen atoms in total. The molecule has 30 heavy (non-hydrogen) atoms. The van der Waals surface area contributed by atoms with Crippen LogP contribution in [0.5, 0.6) is 5.75 Å². The Morgan fingerprint density at radius 2 is 1.67 bits per heavy atom. The Morgan fingerprint density at radius 3 is 2.40 bits per heavy atom. The molecule has 0 saturated carbocycles. The predicted molar refractivity (Wildman–Crippen MR) is 117 cm³/mol. The number of nitrogens with zero attached hydrogens (tertiary/aromatic N) is 2. The van der Waals surface area contributed by atoms with E-state index in [9.17, 15) is 4.79 Å². The summed E-state index contributed by atoms with van der Waals surface area (Å²) in [5.74, 6) is 1.35. The van der Waals surface area contributed by atoms with Crippen LogP contribution < -0.4 is 10.1 Å². The molecule has 3 aromatic carbocycles. The molecule has 0 aliphatic rings. The van der Waals surface area contributed by atoms with Gasteiger partial charge in [0.15, 0.2) is 6.61 Å². The second kappa shape index (κ2) is 9.37. The van der Waals surface area contributed by atoms with E-state index >= 15 is 0 Å². The van der Waals surface area contributed by atoms with E-state index in [1.165, 1.54) is 0 Å². The summed E-state index contributed by atoms with van der Waals surface area (Å²) in [6.45, 7) is 0.393. The summed E-state index contributed by atoms with van der Waals surface area (Å²) < 4.78 is 11.9. The summed E-state index contributed by atoms with van der Waals surface area (Å²) in [5.41, 5.74) is 2.68. The highest BCUT2D eigenvalue weighted by atomic mass is 79.9. The third kappa shape index (κ3) is 5.12. The molecule has 1 aromatic heterocycles. The SMILES string of the molecule is O=C(COc1ccc(-c2nc(-c3ccccc3)no2)cc1)NCc1ccc(Br)cc1. The molecule has 1 N–H and O–H groups in total. The van der Waals surface area contributed by atoms with Crippen LogP contribution in [0.1, 0.15) is 5.56 Å². The molecule has 0 bridgehead atoms. The van der Waals surface area contributed by atoms with Crippen LogP contribution in [0.3, 0.4) is 0 Å². The number of ether oxygens (including phenoxy) is 1. The molecule has 0 aliphatic carbocycles. The highest BCUT2D eigenvalue weighted by Gasteiger charge is 2.11. The minimum atomic E-state index is -0.189.